The normalized spacial score (nSPS) is 35.7. The van der Waals surface area contributed by atoms with E-state index < -0.39 is 5.60 Å². The van der Waals surface area contributed by atoms with Gasteiger partial charge in [-0.15, -0.1) is 0 Å². The quantitative estimate of drug-likeness (QED) is 0.720. The van der Waals surface area contributed by atoms with Crippen LogP contribution in [0.25, 0.3) is 0 Å². The molecule has 0 aliphatic heterocycles. The fraction of sp³-hybridized carbons (Fsp3) is 0.800. The van der Waals surface area contributed by atoms with Gasteiger partial charge < -0.3 is 10.4 Å². The maximum atomic E-state index is 10.4. The molecule has 0 spiro atoms. The fourth-order valence-electron chi connectivity index (χ4n) is 4.37. The number of aliphatic hydroxyl groups is 1. The molecular weight excluding hydrogens is 289 g/mol. The summed E-state index contributed by atoms with van der Waals surface area (Å²) in [6.07, 6.45) is 8.58. The summed E-state index contributed by atoms with van der Waals surface area (Å²) in [6.45, 7) is 15.3. The first-order valence-corrected chi connectivity index (χ1v) is 9.05. The molecule has 2 aliphatic rings. The lowest BCUT2D eigenvalue weighted by atomic mass is 9.61. The van der Waals surface area contributed by atoms with Crippen molar-refractivity contribution in [2.75, 3.05) is 13.7 Å². The smallest absolute Gasteiger partial charge is 0.0785 e. The zero-order valence-electron chi connectivity index (χ0n) is 16.0. The Labute approximate surface area is 143 Å². The van der Waals surface area contributed by atoms with Gasteiger partial charge >= 0.3 is 0 Å². The zero-order chi connectivity index (χ0) is 18.0. The van der Waals surface area contributed by atoms with E-state index in [-0.39, 0.29) is 0 Å². The molecule has 2 rings (SSSR count). The minimum Gasteiger partial charge on any atom is -0.390 e. The molecule has 2 bridgehead atoms. The summed E-state index contributed by atoms with van der Waals surface area (Å²) in [4.78, 5) is 0. The standard InChI is InChI=1S/C17H29NO.C2H6.CH3F/c1-5-6-12(2)11-18-16-13(3)7-14-8-15(16)10-17(4,19)9-14;2*1-2/h5-6,13-16,18-19H,2,7-11H2,1,3-4H3;1-2H3;1H3/b6-5-;;/t13?,14?,15?,16-,17+;;/m0../s1. The van der Waals surface area contributed by atoms with Crippen molar-refractivity contribution in [2.45, 2.75) is 71.9 Å². The summed E-state index contributed by atoms with van der Waals surface area (Å²) < 4.78 is 9.50. The Bertz CT molecular complexity index is 363. The van der Waals surface area contributed by atoms with Gasteiger partial charge in [-0.3, -0.25) is 4.39 Å². The van der Waals surface area contributed by atoms with Crippen LogP contribution in [-0.4, -0.2) is 30.5 Å². The van der Waals surface area contributed by atoms with Crippen LogP contribution in [0.5, 0.6) is 0 Å². The molecule has 2 saturated carbocycles. The summed E-state index contributed by atoms with van der Waals surface area (Å²) in [5, 5.41) is 14.1. The molecule has 2 N–H and O–H groups in total. The molecule has 3 unspecified atom stereocenters. The molecule has 2 nitrogen and oxygen atoms in total. The summed E-state index contributed by atoms with van der Waals surface area (Å²) in [5.41, 5.74) is 0.688. The molecule has 0 aromatic rings. The predicted molar refractivity (Wildman–Crippen MR) is 99.4 cm³/mol. The predicted octanol–water partition coefficient (Wildman–Crippen LogP) is 4.90. The summed E-state index contributed by atoms with van der Waals surface area (Å²) >= 11 is 0. The molecule has 136 valence electrons. The molecular formula is C20H38FNO. The number of fused-ring (bicyclic) bond motifs is 2. The second-order valence-electron chi connectivity index (χ2n) is 7.04. The van der Waals surface area contributed by atoms with Gasteiger partial charge in [0.1, 0.15) is 0 Å². The third-order valence-electron chi connectivity index (χ3n) is 4.86. The van der Waals surface area contributed by atoms with E-state index in [9.17, 15) is 9.50 Å². The topological polar surface area (TPSA) is 32.3 Å². The van der Waals surface area contributed by atoms with Crippen LogP contribution in [0.4, 0.5) is 4.39 Å². The number of halogens is 1. The molecule has 3 heteroatoms. The molecule has 0 heterocycles. The lowest BCUT2D eigenvalue weighted by Crippen LogP contribution is -2.52. The van der Waals surface area contributed by atoms with E-state index in [0.29, 0.717) is 25.1 Å². The first kappa shape index (κ1) is 22.3. The minimum absolute atomic E-state index is 0.450. The van der Waals surface area contributed by atoms with E-state index >= 15 is 0 Å². The van der Waals surface area contributed by atoms with E-state index in [1.165, 1.54) is 12.8 Å². The van der Waals surface area contributed by atoms with Crippen LogP contribution in [0.2, 0.25) is 0 Å². The number of hydrogen-bond donors (Lipinski definition) is 2. The maximum absolute atomic E-state index is 10.4. The molecule has 23 heavy (non-hydrogen) atoms. The molecule has 0 saturated heterocycles. The van der Waals surface area contributed by atoms with Crippen LogP contribution < -0.4 is 5.32 Å². The number of alkyl halides is 1. The summed E-state index contributed by atoms with van der Waals surface area (Å²) in [7, 11) is 0.500. The van der Waals surface area contributed by atoms with Gasteiger partial charge in [0.25, 0.3) is 0 Å². The van der Waals surface area contributed by atoms with Gasteiger partial charge in [0, 0.05) is 12.6 Å². The first-order valence-electron chi connectivity index (χ1n) is 9.05. The van der Waals surface area contributed by atoms with Gasteiger partial charge in [0.15, 0.2) is 0 Å². The van der Waals surface area contributed by atoms with Crippen molar-refractivity contribution in [1.82, 2.24) is 5.32 Å². The maximum Gasteiger partial charge on any atom is 0.0785 e. The largest absolute Gasteiger partial charge is 0.390 e. The highest BCUT2D eigenvalue weighted by atomic mass is 19.1. The van der Waals surface area contributed by atoms with Crippen LogP contribution in [0.1, 0.15) is 60.3 Å². The van der Waals surface area contributed by atoms with Crippen LogP contribution >= 0.6 is 0 Å². The zero-order valence-corrected chi connectivity index (χ0v) is 16.0. The van der Waals surface area contributed by atoms with Gasteiger partial charge in [0.2, 0.25) is 0 Å². The van der Waals surface area contributed by atoms with E-state index in [4.69, 9.17) is 0 Å². The Morgan fingerprint density at radius 1 is 1.30 bits per heavy atom. The van der Waals surface area contributed by atoms with Crippen LogP contribution in [-0.2, 0) is 0 Å². The number of hydrogen-bond acceptors (Lipinski definition) is 2. The van der Waals surface area contributed by atoms with Crippen molar-refractivity contribution >= 4 is 0 Å². The highest BCUT2D eigenvalue weighted by Gasteiger charge is 2.44. The second kappa shape index (κ2) is 11.0. The molecule has 0 aromatic carbocycles. The van der Waals surface area contributed by atoms with Gasteiger partial charge in [-0.1, -0.05) is 39.5 Å². The Kier molecular flexibility index (Phi) is 10.7. The number of rotatable bonds is 4. The average molecular weight is 328 g/mol. The highest BCUT2D eigenvalue weighted by Crippen LogP contribution is 2.46. The van der Waals surface area contributed by atoms with Gasteiger partial charge in [-0.2, -0.15) is 0 Å². The van der Waals surface area contributed by atoms with Crippen LogP contribution in [0.3, 0.4) is 0 Å². The van der Waals surface area contributed by atoms with E-state index in [1.807, 2.05) is 33.8 Å². The fourth-order valence-corrected chi connectivity index (χ4v) is 4.37. The Balaban J connectivity index is 0.00000112. The third-order valence-corrected chi connectivity index (χ3v) is 4.86. The first-order chi connectivity index (χ1) is 10.9. The minimum atomic E-state index is -0.450. The molecule has 0 amide bonds. The lowest BCUT2D eigenvalue weighted by Gasteiger charge is -2.49. The van der Waals surface area contributed by atoms with Crippen molar-refractivity contribution < 1.29 is 9.50 Å². The summed E-state index contributed by atoms with van der Waals surface area (Å²) in [5.74, 6) is 2.05. The average Bonchev–Trinajstić information content (AvgIpc) is 2.49. The van der Waals surface area contributed by atoms with Gasteiger partial charge in [0.05, 0.1) is 12.8 Å². The third kappa shape index (κ3) is 7.17. The summed E-state index contributed by atoms with van der Waals surface area (Å²) in [6, 6.07) is 0.532. The molecule has 2 fully saturated rings. The van der Waals surface area contributed by atoms with Crippen molar-refractivity contribution in [2.24, 2.45) is 17.8 Å². The van der Waals surface area contributed by atoms with Crippen LogP contribution in [0, 0.1) is 17.8 Å². The number of allylic oxidation sites excluding steroid dienone is 1. The van der Waals surface area contributed by atoms with E-state index in [1.54, 1.807) is 0 Å². The Hall–Kier alpha value is -0.670. The van der Waals surface area contributed by atoms with Crippen molar-refractivity contribution in [1.29, 1.82) is 0 Å². The SMILES string of the molecule is C=C(/C=C\C)CN[C@H]1C(C)CC2CC1C[C@](C)(O)C2.CC.CF. The van der Waals surface area contributed by atoms with Crippen molar-refractivity contribution in [3.63, 3.8) is 0 Å². The van der Waals surface area contributed by atoms with Gasteiger partial charge in [-0.05, 0) is 62.9 Å². The highest BCUT2D eigenvalue weighted by molar-refractivity contribution is 5.15. The van der Waals surface area contributed by atoms with E-state index in [2.05, 4.69) is 24.9 Å². The molecule has 5 atom stereocenters. The number of nitrogens with one attached hydrogen (secondary N) is 1. The lowest BCUT2D eigenvalue weighted by molar-refractivity contribution is -0.0575. The molecule has 2 aliphatic carbocycles. The van der Waals surface area contributed by atoms with Gasteiger partial charge in [-0.25, -0.2) is 0 Å². The second-order valence-corrected chi connectivity index (χ2v) is 7.04. The van der Waals surface area contributed by atoms with Crippen molar-refractivity contribution in [3.8, 4) is 0 Å². The molecule has 0 radical (unpaired) electrons. The van der Waals surface area contributed by atoms with Crippen LogP contribution in [0.15, 0.2) is 24.3 Å². The van der Waals surface area contributed by atoms with Crippen molar-refractivity contribution in [3.05, 3.63) is 24.3 Å². The Morgan fingerprint density at radius 2 is 1.91 bits per heavy atom. The molecule has 0 aromatic heterocycles. The monoisotopic (exact) mass is 327 g/mol. The Morgan fingerprint density at radius 3 is 2.48 bits per heavy atom. The van der Waals surface area contributed by atoms with E-state index in [0.717, 1.165) is 30.9 Å².